The fourth-order valence-electron chi connectivity index (χ4n) is 2.09. The van der Waals surface area contributed by atoms with E-state index in [-0.39, 0.29) is 11.9 Å². The van der Waals surface area contributed by atoms with Gasteiger partial charge >= 0.3 is 0 Å². The average molecular weight is 279 g/mol. The second-order valence-electron chi connectivity index (χ2n) is 5.78. The van der Waals surface area contributed by atoms with Gasteiger partial charge < -0.3 is 15.0 Å². The molecule has 0 saturated heterocycles. The first-order valence-electron chi connectivity index (χ1n) is 7.18. The van der Waals surface area contributed by atoms with Crippen molar-refractivity contribution in [2.45, 2.75) is 33.7 Å². The van der Waals surface area contributed by atoms with Crippen LogP contribution >= 0.6 is 0 Å². The van der Waals surface area contributed by atoms with Crippen LogP contribution in [0, 0.1) is 13.8 Å². The van der Waals surface area contributed by atoms with Gasteiger partial charge in [0.05, 0.1) is 7.05 Å². The summed E-state index contributed by atoms with van der Waals surface area (Å²) in [5.74, 6) is 0.992. The molecule has 2 N–H and O–H groups in total. The smallest absolute Gasteiger partial charge is 0.275 e. The quantitative estimate of drug-likeness (QED) is 0.772. The normalized spacial score (nSPS) is 12.3. The Morgan fingerprint density at radius 2 is 1.85 bits per heavy atom. The molecule has 0 aromatic heterocycles. The number of amides is 1. The van der Waals surface area contributed by atoms with Crippen LogP contribution in [0.5, 0.6) is 5.75 Å². The summed E-state index contributed by atoms with van der Waals surface area (Å²) >= 11 is 0. The van der Waals surface area contributed by atoms with Gasteiger partial charge in [-0.15, -0.1) is 0 Å². The first-order valence-corrected chi connectivity index (χ1v) is 7.18. The highest BCUT2D eigenvalue weighted by Crippen LogP contribution is 2.15. The Morgan fingerprint density at radius 1 is 1.25 bits per heavy atom. The van der Waals surface area contributed by atoms with Crippen LogP contribution < -0.4 is 15.0 Å². The summed E-state index contributed by atoms with van der Waals surface area (Å²) in [4.78, 5) is 12.8. The zero-order valence-electron chi connectivity index (χ0n) is 13.2. The summed E-state index contributed by atoms with van der Waals surface area (Å²) in [5.41, 5.74) is 2.41. The van der Waals surface area contributed by atoms with Crippen LogP contribution in [-0.2, 0) is 4.79 Å². The van der Waals surface area contributed by atoms with Gasteiger partial charge in [0, 0.05) is 6.04 Å². The van der Waals surface area contributed by atoms with Crippen molar-refractivity contribution in [2.75, 3.05) is 26.7 Å². The molecule has 0 aliphatic carbocycles. The van der Waals surface area contributed by atoms with Gasteiger partial charge in [-0.3, -0.25) is 4.79 Å². The summed E-state index contributed by atoms with van der Waals surface area (Å²) in [7, 11) is 2.00. The van der Waals surface area contributed by atoms with Gasteiger partial charge in [0.25, 0.3) is 5.91 Å². The van der Waals surface area contributed by atoms with E-state index in [0.717, 1.165) is 17.2 Å². The maximum Gasteiger partial charge on any atom is 0.275 e. The van der Waals surface area contributed by atoms with E-state index in [1.165, 1.54) is 11.1 Å². The first-order chi connectivity index (χ1) is 9.36. The Morgan fingerprint density at radius 3 is 2.40 bits per heavy atom. The molecule has 20 heavy (non-hydrogen) atoms. The molecule has 1 atom stereocenters. The highest BCUT2D eigenvalue weighted by molar-refractivity contribution is 5.77. The Balaban J connectivity index is 2.31. The summed E-state index contributed by atoms with van der Waals surface area (Å²) in [6, 6.07) is 6.39. The third kappa shape index (κ3) is 6.57. The Bertz CT molecular complexity index is 424. The van der Waals surface area contributed by atoms with Crippen molar-refractivity contribution in [3.63, 3.8) is 0 Å². The molecule has 4 nitrogen and oxygen atoms in total. The van der Waals surface area contributed by atoms with Gasteiger partial charge in [-0.2, -0.15) is 0 Å². The number of benzene rings is 1. The van der Waals surface area contributed by atoms with Gasteiger partial charge in [-0.05, 0) is 51.0 Å². The lowest BCUT2D eigenvalue weighted by Crippen LogP contribution is -3.10. The largest absolute Gasteiger partial charge is 0.488 e. The molecule has 1 aromatic carbocycles. The van der Waals surface area contributed by atoms with Gasteiger partial charge in [-0.25, -0.2) is 0 Å². The molecule has 0 radical (unpaired) electrons. The van der Waals surface area contributed by atoms with E-state index in [4.69, 9.17) is 4.74 Å². The molecule has 0 bridgehead atoms. The molecule has 1 amide bonds. The Kier molecular flexibility index (Phi) is 6.52. The van der Waals surface area contributed by atoms with E-state index in [9.17, 15) is 4.79 Å². The lowest BCUT2D eigenvalue weighted by Gasteiger charge is -2.15. The summed E-state index contributed by atoms with van der Waals surface area (Å²) in [6.45, 7) is 9.96. The number of nitrogens with one attached hydrogen (secondary N) is 2. The van der Waals surface area contributed by atoms with Crippen LogP contribution in [0.15, 0.2) is 18.2 Å². The molecule has 0 saturated carbocycles. The number of hydrogen-bond donors (Lipinski definition) is 2. The highest BCUT2D eigenvalue weighted by Gasteiger charge is 2.10. The molecule has 1 aromatic rings. The number of likely N-dealkylation sites (N-methyl/N-ethyl adjacent to an activating group) is 1. The van der Waals surface area contributed by atoms with Crippen molar-refractivity contribution >= 4 is 5.91 Å². The van der Waals surface area contributed by atoms with E-state index >= 15 is 0 Å². The average Bonchev–Trinajstić information content (AvgIpc) is 2.25. The van der Waals surface area contributed by atoms with Gasteiger partial charge in [0.2, 0.25) is 0 Å². The monoisotopic (exact) mass is 279 g/mol. The van der Waals surface area contributed by atoms with Crippen LogP contribution in [0.2, 0.25) is 0 Å². The van der Waals surface area contributed by atoms with E-state index in [2.05, 4.69) is 25.2 Å². The molecule has 0 aliphatic heterocycles. The molecule has 0 heterocycles. The third-order valence-corrected chi connectivity index (χ3v) is 2.90. The predicted octanol–water partition coefficient (Wildman–Crippen LogP) is 0.722. The standard InChI is InChI=1S/C16H26N2O2/c1-12(2)17-16(19)11-18(5)6-7-20-15-9-13(3)8-14(4)10-15/h8-10,12H,6-7,11H2,1-5H3,(H,17,19)/p+1. The second-order valence-corrected chi connectivity index (χ2v) is 5.78. The number of quaternary nitrogens is 1. The lowest BCUT2D eigenvalue weighted by molar-refractivity contribution is -0.871. The van der Waals surface area contributed by atoms with Crippen molar-refractivity contribution in [3.8, 4) is 5.75 Å². The predicted molar refractivity (Wildman–Crippen MR) is 81.3 cm³/mol. The molecule has 0 aliphatic rings. The molecular formula is C16H27N2O2+. The zero-order chi connectivity index (χ0) is 15.1. The number of rotatable bonds is 7. The zero-order valence-corrected chi connectivity index (χ0v) is 13.2. The minimum Gasteiger partial charge on any atom is -0.488 e. The first kappa shape index (κ1) is 16.5. The fourth-order valence-corrected chi connectivity index (χ4v) is 2.09. The second kappa shape index (κ2) is 7.90. The molecule has 1 rings (SSSR count). The van der Waals surface area contributed by atoms with Gasteiger partial charge in [0.1, 0.15) is 18.9 Å². The molecule has 0 fully saturated rings. The number of ether oxygens (including phenoxy) is 1. The molecule has 0 spiro atoms. The Hall–Kier alpha value is -1.55. The van der Waals surface area contributed by atoms with Crippen molar-refractivity contribution < 1.29 is 14.4 Å². The Labute approximate surface area is 122 Å². The van der Waals surface area contributed by atoms with Gasteiger partial charge in [0.15, 0.2) is 6.54 Å². The molecule has 112 valence electrons. The number of carbonyl (C=O) groups excluding carboxylic acids is 1. The van der Waals surface area contributed by atoms with Crippen LogP contribution in [0.1, 0.15) is 25.0 Å². The van der Waals surface area contributed by atoms with Gasteiger partial charge in [-0.1, -0.05) is 6.07 Å². The minimum absolute atomic E-state index is 0.0869. The fraction of sp³-hybridized carbons (Fsp3) is 0.562. The highest BCUT2D eigenvalue weighted by atomic mass is 16.5. The maximum atomic E-state index is 11.6. The van der Waals surface area contributed by atoms with Crippen LogP contribution in [0.4, 0.5) is 0 Å². The van der Waals surface area contributed by atoms with Crippen molar-refractivity contribution in [3.05, 3.63) is 29.3 Å². The van der Waals surface area contributed by atoms with Crippen molar-refractivity contribution in [2.24, 2.45) is 0 Å². The van der Waals surface area contributed by atoms with Crippen molar-refractivity contribution in [1.82, 2.24) is 5.32 Å². The van der Waals surface area contributed by atoms with E-state index in [1.807, 2.05) is 33.0 Å². The summed E-state index contributed by atoms with van der Waals surface area (Å²) in [6.07, 6.45) is 0. The lowest BCUT2D eigenvalue weighted by atomic mass is 10.1. The van der Waals surface area contributed by atoms with E-state index < -0.39 is 0 Å². The topological polar surface area (TPSA) is 42.8 Å². The maximum absolute atomic E-state index is 11.6. The van der Waals surface area contributed by atoms with E-state index in [1.54, 1.807) is 0 Å². The van der Waals surface area contributed by atoms with E-state index in [0.29, 0.717) is 13.2 Å². The number of carbonyl (C=O) groups is 1. The molecular weight excluding hydrogens is 252 g/mol. The van der Waals surface area contributed by atoms with Crippen molar-refractivity contribution in [1.29, 1.82) is 0 Å². The molecule has 4 heteroatoms. The number of aryl methyl sites for hydroxylation is 2. The third-order valence-electron chi connectivity index (χ3n) is 2.90. The molecule has 1 unspecified atom stereocenters. The number of hydrogen-bond acceptors (Lipinski definition) is 2. The summed E-state index contributed by atoms with van der Waals surface area (Å²) in [5, 5.41) is 2.90. The summed E-state index contributed by atoms with van der Waals surface area (Å²) < 4.78 is 5.75. The van der Waals surface area contributed by atoms with Crippen LogP contribution in [0.3, 0.4) is 0 Å². The van der Waals surface area contributed by atoms with Crippen LogP contribution in [-0.4, -0.2) is 38.7 Å². The minimum atomic E-state index is 0.0869. The van der Waals surface area contributed by atoms with Crippen LogP contribution in [0.25, 0.3) is 0 Å². The SMILES string of the molecule is Cc1cc(C)cc(OCC[NH+](C)CC(=O)NC(C)C)c1.